The molecular formula is C21H25NO4. The van der Waals surface area contributed by atoms with Gasteiger partial charge in [-0.15, -0.1) is 0 Å². The van der Waals surface area contributed by atoms with Crippen molar-refractivity contribution < 1.29 is 19.4 Å². The normalized spacial score (nSPS) is 11.0. The average Bonchev–Trinajstić information content (AvgIpc) is 2.65. The van der Waals surface area contributed by atoms with Crippen LogP contribution >= 0.6 is 0 Å². The lowest BCUT2D eigenvalue weighted by atomic mass is 9.82. The van der Waals surface area contributed by atoms with Crippen LogP contribution in [-0.2, 0) is 16.8 Å². The number of carbonyl (C=O) groups is 2. The van der Waals surface area contributed by atoms with E-state index in [2.05, 4.69) is 26.1 Å². The molecule has 2 aromatic carbocycles. The first-order valence-electron chi connectivity index (χ1n) is 8.64. The molecule has 26 heavy (non-hydrogen) atoms. The SMILES string of the molecule is CCC(C)(C)c1ccc(OCC(=O)NCc2ccc(C(=O)O)cc2)cc1. The van der Waals surface area contributed by atoms with Crippen molar-refractivity contribution in [2.45, 2.75) is 39.2 Å². The van der Waals surface area contributed by atoms with Crippen molar-refractivity contribution in [2.24, 2.45) is 0 Å². The monoisotopic (exact) mass is 355 g/mol. The third-order valence-electron chi connectivity index (χ3n) is 4.58. The molecule has 138 valence electrons. The summed E-state index contributed by atoms with van der Waals surface area (Å²) in [6.07, 6.45) is 1.04. The number of hydrogen-bond donors (Lipinski definition) is 2. The smallest absolute Gasteiger partial charge is 0.335 e. The Labute approximate surface area is 154 Å². The predicted octanol–water partition coefficient (Wildman–Crippen LogP) is 3.77. The van der Waals surface area contributed by atoms with Gasteiger partial charge in [0, 0.05) is 6.54 Å². The van der Waals surface area contributed by atoms with Gasteiger partial charge in [-0.1, -0.05) is 45.0 Å². The largest absolute Gasteiger partial charge is 0.484 e. The summed E-state index contributed by atoms with van der Waals surface area (Å²) in [5.74, 6) is -0.547. The lowest BCUT2D eigenvalue weighted by Crippen LogP contribution is -2.28. The van der Waals surface area contributed by atoms with Gasteiger partial charge in [-0.25, -0.2) is 4.79 Å². The molecule has 5 heteroatoms. The Kier molecular flexibility index (Phi) is 6.39. The van der Waals surface area contributed by atoms with Crippen LogP contribution in [-0.4, -0.2) is 23.6 Å². The van der Waals surface area contributed by atoms with Gasteiger partial charge in [0.05, 0.1) is 5.56 Å². The highest BCUT2D eigenvalue weighted by atomic mass is 16.5. The lowest BCUT2D eigenvalue weighted by Gasteiger charge is -2.23. The molecule has 0 spiro atoms. The molecule has 0 heterocycles. The van der Waals surface area contributed by atoms with Crippen LogP contribution in [0.5, 0.6) is 5.75 Å². The summed E-state index contributed by atoms with van der Waals surface area (Å²) in [5.41, 5.74) is 2.40. The van der Waals surface area contributed by atoms with E-state index in [4.69, 9.17) is 9.84 Å². The second-order valence-corrected chi connectivity index (χ2v) is 6.83. The highest BCUT2D eigenvalue weighted by molar-refractivity contribution is 5.87. The summed E-state index contributed by atoms with van der Waals surface area (Å²) in [6.45, 7) is 6.80. The molecular weight excluding hydrogens is 330 g/mol. The fourth-order valence-electron chi connectivity index (χ4n) is 2.37. The molecule has 0 bridgehead atoms. The summed E-state index contributed by atoms with van der Waals surface area (Å²) in [4.78, 5) is 22.7. The summed E-state index contributed by atoms with van der Waals surface area (Å²) in [5, 5.41) is 11.6. The van der Waals surface area contributed by atoms with Crippen molar-refractivity contribution in [3.05, 3.63) is 65.2 Å². The molecule has 0 aliphatic rings. The minimum Gasteiger partial charge on any atom is -0.484 e. The number of ether oxygens (including phenoxy) is 1. The Bertz CT molecular complexity index is 749. The molecule has 0 aliphatic heterocycles. The van der Waals surface area contributed by atoms with E-state index in [-0.39, 0.29) is 23.5 Å². The molecule has 5 nitrogen and oxygen atoms in total. The van der Waals surface area contributed by atoms with E-state index in [0.717, 1.165) is 12.0 Å². The number of benzene rings is 2. The zero-order valence-corrected chi connectivity index (χ0v) is 15.4. The van der Waals surface area contributed by atoms with Gasteiger partial charge >= 0.3 is 5.97 Å². The van der Waals surface area contributed by atoms with Crippen molar-refractivity contribution in [3.63, 3.8) is 0 Å². The Morgan fingerprint density at radius 1 is 1.04 bits per heavy atom. The maximum absolute atomic E-state index is 11.9. The highest BCUT2D eigenvalue weighted by Gasteiger charge is 2.17. The molecule has 2 rings (SSSR count). The zero-order valence-electron chi connectivity index (χ0n) is 15.4. The first-order valence-corrected chi connectivity index (χ1v) is 8.64. The van der Waals surface area contributed by atoms with Gasteiger partial charge in [-0.3, -0.25) is 4.79 Å². The van der Waals surface area contributed by atoms with Crippen LogP contribution in [0, 0.1) is 0 Å². The lowest BCUT2D eigenvalue weighted by molar-refractivity contribution is -0.123. The van der Waals surface area contributed by atoms with Gasteiger partial charge in [-0.2, -0.15) is 0 Å². The van der Waals surface area contributed by atoms with E-state index < -0.39 is 5.97 Å². The van der Waals surface area contributed by atoms with Crippen LogP contribution in [0.15, 0.2) is 48.5 Å². The quantitative estimate of drug-likeness (QED) is 0.756. The standard InChI is InChI=1S/C21H25NO4/c1-4-21(2,3)17-9-11-18(12-10-17)26-14-19(23)22-13-15-5-7-16(8-6-15)20(24)25/h5-12H,4,13-14H2,1-3H3,(H,22,23)(H,24,25). The molecule has 2 N–H and O–H groups in total. The van der Waals surface area contributed by atoms with Gasteiger partial charge in [0.15, 0.2) is 6.61 Å². The van der Waals surface area contributed by atoms with Gasteiger partial charge in [0.2, 0.25) is 0 Å². The second kappa shape index (κ2) is 8.52. The number of hydrogen-bond acceptors (Lipinski definition) is 3. The van der Waals surface area contributed by atoms with E-state index >= 15 is 0 Å². The van der Waals surface area contributed by atoms with Crippen LogP contribution in [0.25, 0.3) is 0 Å². The fourth-order valence-corrected chi connectivity index (χ4v) is 2.37. The van der Waals surface area contributed by atoms with Crippen molar-refractivity contribution in [2.75, 3.05) is 6.61 Å². The molecule has 0 unspecified atom stereocenters. The molecule has 0 atom stereocenters. The molecule has 0 saturated carbocycles. The predicted molar refractivity (Wildman–Crippen MR) is 101 cm³/mol. The third-order valence-corrected chi connectivity index (χ3v) is 4.58. The van der Waals surface area contributed by atoms with E-state index in [1.165, 1.54) is 17.7 Å². The van der Waals surface area contributed by atoms with Crippen molar-refractivity contribution in [1.82, 2.24) is 5.32 Å². The maximum Gasteiger partial charge on any atom is 0.335 e. The molecule has 0 aromatic heterocycles. The minimum atomic E-state index is -0.970. The number of aromatic carboxylic acids is 1. The van der Waals surface area contributed by atoms with E-state index in [1.807, 2.05) is 24.3 Å². The van der Waals surface area contributed by atoms with Crippen LogP contribution in [0.3, 0.4) is 0 Å². The average molecular weight is 355 g/mol. The van der Waals surface area contributed by atoms with Crippen molar-refractivity contribution >= 4 is 11.9 Å². The summed E-state index contributed by atoms with van der Waals surface area (Å²) >= 11 is 0. The maximum atomic E-state index is 11.9. The number of amides is 1. The van der Waals surface area contributed by atoms with Gasteiger partial charge < -0.3 is 15.2 Å². The van der Waals surface area contributed by atoms with Crippen LogP contribution in [0.1, 0.15) is 48.7 Å². The summed E-state index contributed by atoms with van der Waals surface area (Å²) in [6, 6.07) is 14.2. The highest BCUT2D eigenvalue weighted by Crippen LogP contribution is 2.27. The van der Waals surface area contributed by atoms with Gasteiger partial charge in [0.1, 0.15) is 5.75 Å². The number of nitrogens with one attached hydrogen (secondary N) is 1. The molecule has 2 aromatic rings. The molecule has 0 aliphatic carbocycles. The number of rotatable bonds is 8. The van der Waals surface area contributed by atoms with Crippen molar-refractivity contribution in [1.29, 1.82) is 0 Å². The Morgan fingerprint density at radius 3 is 2.19 bits per heavy atom. The summed E-state index contributed by atoms with van der Waals surface area (Å²) < 4.78 is 5.52. The van der Waals surface area contributed by atoms with Crippen molar-refractivity contribution in [3.8, 4) is 5.75 Å². The summed E-state index contributed by atoms with van der Waals surface area (Å²) in [7, 11) is 0. The molecule has 0 fully saturated rings. The van der Waals surface area contributed by atoms with E-state index in [0.29, 0.717) is 12.3 Å². The van der Waals surface area contributed by atoms with Crippen LogP contribution in [0.4, 0.5) is 0 Å². The molecule has 0 saturated heterocycles. The Morgan fingerprint density at radius 2 is 1.65 bits per heavy atom. The first-order chi connectivity index (χ1) is 12.3. The van der Waals surface area contributed by atoms with E-state index in [1.54, 1.807) is 12.1 Å². The topological polar surface area (TPSA) is 75.6 Å². The second-order valence-electron chi connectivity index (χ2n) is 6.83. The first kappa shape index (κ1) is 19.5. The number of carbonyl (C=O) groups excluding carboxylic acids is 1. The number of carboxylic acid groups (broad SMARTS) is 1. The Hall–Kier alpha value is -2.82. The van der Waals surface area contributed by atoms with Gasteiger partial charge in [-0.05, 0) is 47.2 Å². The third kappa shape index (κ3) is 5.34. The zero-order chi connectivity index (χ0) is 19.2. The fraction of sp³-hybridized carbons (Fsp3) is 0.333. The van der Waals surface area contributed by atoms with Crippen LogP contribution in [0.2, 0.25) is 0 Å². The Balaban J connectivity index is 1.80. The van der Waals surface area contributed by atoms with Crippen LogP contribution < -0.4 is 10.1 Å². The van der Waals surface area contributed by atoms with E-state index in [9.17, 15) is 9.59 Å². The molecule has 1 amide bonds. The van der Waals surface area contributed by atoms with Gasteiger partial charge in [0.25, 0.3) is 5.91 Å². The number of carboxylic acids is 1. The minimum absolute atomic E-state index is 0.0657. The molecule has 0 radical (unpaired) electrons.